The summed E-state index contributed by atoms with van der Waals surface area (Å²) >= 11 is 0. The third-order valence-corrected chi connectivity index (χ3v) is 8.15. The van der Waals surface area contributed by atoms with Gasteiger partial charge in [0.15, 0.2) is 0 Å². The predicted molar refractivity (Wildman–Crippen MR) is 153 cm³/mol. The Bertz CT molecular complexity index is 1230. The topological polar surface area (TPSA) is 43.9 Å². The molecular weight excluding hydrogens is 489 g/mol. The fourth-order valence-electron chi connectivity index (χ4n) is 5.93. The van der Waals surface area contributed by atoms with Gasteiger partial charge >= 0.3 is 0 Å². The summed E-state index contributed by atoms with van der Waals surface area (Å²) in [4.78, 5) is 32.5. The molecule has 2 heterocycles. The van der Waals surface area contributed by atoms with E-state index >= 15 is 0 Å². The van der Waals surface area contributed by atoms with E-state index in [-0.39, 0.29) is 30.6 Å². The van der Waals surface area contributed by atoms with Crippen LogP contribution < -0.4 is 4.90 Å². The molecule has 0 spiro atoms. The highest BCUT2D eigenvalue weighted by atomic mass is 19.1. The Hall–Kier alpha value is -3.51. The summed E-state index contributed by atoms with van der Waals surface area (Å²) in [7, 11) is 0. The summed E-state index contributed by atoms with van der Waals surface area (Å²) in [6.07, 6.45) is 4.62. The second-order valence-electron chi connectivity index (χ2n) is 10.9. The fraction of sp³-hybridized carbons (Fsp3) is 0.394. The highest BCUT2D eigenvalue weighted by molar-refractivity contribution is 5.99. The molecule has 39 heavy (non-hydrogen) atoms. The van der Waals surface area contributed by atoms with Crippen LogP contribution in [0.2, 0.25) is 0 Å². The van der Waals surface area contributed by atoms with Gasteiger partial charge in [-0.15, -0.1) is 0 Å². The van der Waals surface area contributed by atoms with Crippen LogP contribution in [0.1, 0.15) is 36.8 Å². The highest BCUT2D eigenvalue weighted by Crippen LogP contribution is 2.26. The largest absolute Gasteiger partial charge is 0.337 e. The van der Waals surface area contributed by atoms with Crippen LogP contribution in [0.15, 0.2) is 84.9 Å². The molecule has 0 saturated carbocycles. The summed E-state index contributed by atoms with van der Waals surface area (Å²) in [6, 6.07) is 27.0. The molecule has 204 valence electrons. The number of likely N-dealkylation sites (tertiary alicyclic amines) is 2. The fourth-order valence-corrected chi connectivity index (χ4v) is 5.93. The Labute approximate surface area is 231 Å². The van der Waals surface area contributed by atoms with E-state index in [9.17, 15) is 14.0 Å². The highest BCUT2D eigenvalue weighted by Gasteiger charge is 2.37. The summed E-state index contributed by atoms with van der Waals surface area (Å²) in [6.45, 7) is 4.28. The summed E-state index contributed by atoms with van der Waals surface area (Å²) in [5.74, 6) is -0.123. The van der Waals surface area contributed by atoms with Gasteiger partial charge in [0.1, 0.15) is 5.82 Å². The van der Waals surface area contributed by atoms with Crippen LogP contribution in [0.25, 0.3) is 0 Å². The molecule has 1 atom stereocenters. The Morgan fingerprint density at radius 1 is 0.897 bits per heavy atom. The Morgan fingerprint density at radius 2 is 1.56 bits per heavy atom. The third-order valence-electron chi connectivity index (χ3n) is 8.15. The average Bonchev–Trinajstić information content (AvgIpc) is 3.34. The van der Waals surface area contributed by atoms with Gasteiger partial charge in [0.05, 0.1) is 5.92 Å². The van der Waals surface area contributed by atoms with Gasteiger partial charge in [-0.3, -0.25) is 9.59 Å². The zero-order chi connectivity index (χ0) is 27.0. The van der Waals surface area contributed by atoms with E-state index in [0.717, 1.165) is 44.1 Å². The smallest absolute Gasteiger partial charge is 0.232 e. The lowest BCUT2D eigenvalue weighted by Crippen LogP contribution is -2.40. The average molecular weight is 528 g/mol. The van der Waals surface area contributed by atoms with Crippen LogP contribution in [0.4, 0.5) is 10.1 Å². The minimum atomic E-state index is -0.418. The lowest BCUT2D eigenvalue weighted by molar-refractivity contribution is -0.128. The van der Waals surface area contributed by atoms with E-state index in [1.807, 2.05) is 35.2 Å². The number of nitrogens with zero attached hydrogens (tertiary/aromatic N) is 3. The van der Waals surface area contributed by atoms with Crippen LogP contribution in [-0.4, -0.2) is 54.3 Å². The maximum absolute atomic E-state index is 14.2. The summed E-state index contributed by atoms with van der Waals surface area (Å²) in [5.41, 5.74) is 2.77. The van der Waals surface area contributed by atoms with Gasteiger partial charge in [0, 0.05) is 37.3 Å². The quantitative estimate of drug-likeness (QED) is 0.347. The van der Waals surface area contributed by atoms with Crippen LogP contribution in [0.5, 0.6) is 0 Å². The molecule has 2 aliphatic rings. The van der Waals surface area contributed by atoms with E-state index < -0.39 is 5.92 Å². The standard InChI is InChI=1S/C33H38FN3O2/c34-31-15-8-7-12-28(31)24-36-25-29(23-32(36)38)33(39)37(30-13-5-2-6-14-30)19-9-18-35-20-16-27(17-21-35)22-26-10-3-1-4-11-26/h1-8,10-15,27,29H,9,16-25H2. The van der Waals surface area contributed by atoms with Crippen LogP contribution in [-0.2, 0) is 22.6 Å². The monoisotopic (exact) mass is 527 g/mol. The number of amides is 2. The van der Waals surface area contributed by atoms with E-state index in [0.29, 0.717) is 18.7 Å². The molecule has 0 aliphatic carbocycles. The number of rotatable bonds is 10. The van der Waals surface area contributed by atoms with Crippen molar-refractivity contribution in [2.45, 2.75) is 38.6 Å². The maximum atomic E-state index is 14.2. The molecule has 2 saturated heterocycles. The number of carbonyl (C=O) groups excluding carboxylic acids is 2. The van der Waals surface area contributed by atoms with Crippen LogP contribution >= 0.6 is 0 Å². The Balaban J connectivity index is 1.15. The van der Waals surface area contributed by atoms with Gasteiger partial charge in [-0.1, -0.05) is 66.7 Å². The van der Waals surface area contributed by atoms with Crippen LogP contribution in [0.3, 0.4) is 0 Å². The number of carbonyl (C=O) groups is 2. The summed E-state index contributed by atoms with van der Waals surface area (Å²) in [5, 5.41) is 0. The van der Waals surface area contributed by atoms with Gasteiger partial charge in [0.25, 0.3) is 0 Å². The number of piperidine rings is 1. The number of hydrogen-bond acceptors (Lipinski definition) is 3. The molecular formula is C33H38FN3O2. The van der Waals surface area contributed by atoms with Gasteiger partial charge in [-0.2, -0.15) is 0 Å². The molecule has 0 bridgehead atoms. The number of anilines is 1. The first-order chi connectivity index (χ1) is 19.1. The first-order valence-corrected chi connectivity index (χ1v) is 14.2. The molecule has 5 rings (SSSR count). The Kier molecular flexibility index (Phi) is 9.04. The number of para-hydroxylation sites is 1. The SMILES string of the molecule is O=C1CC(C(=O)N(CCCN2CCC(Cc3ccccc3)CC2)c2ccccc2)CN1Cc1ccccc1F. The molecule has 5 nitrogen and oxygen atoms in total. The minimum Gasteiger partial charge on any atom is -0.337 e. The molecule has 6 heteroatoms. The molecule has 2 fully saturated rings. The van der Waals surface area contributed by atoms with Crippen molar-refractivity contribution in [2.24, 2.45) is 11.8 Å². The molecule has 2 amide bonds. The van der Waals surface area contributed by atoms with E-state index in [1.54, 1.807) is 23.1 Å². The van der Waals surface area contributed by atoms with Gasteiger partial charge < -0.3 is 14.7 Å². The van der Waals surface area contributed by atoms with Crippen molar-refractivity contribution in [2.75, 3.05) is 37.6 Å². The third kappa shape index (κ3) is 7.12. The van der Waals surface area contributed by atoms with E-state index in [1.165, 1.54) is 24.5 Å². The maximum Gasteiger partial charge on any atom is 0.232 e. The zero-order valence-corrected chi connectivity index (χ0v) is 22.6. The van der Waals surface area contributed by atoms with Crippen molar-refractivity contribution in [3.05, 3.63) is 102 Å². The van der Waals surface area contributed by atoms with Gasteiger partial charge in [-0.25, -0.2) is 4.39 Å². The molecule has 2 aliphatic heterocycles. The number of halogens is 1. The first-order valence-electron chi connectivity index (χ1n) is 14.2. The van der Waals surface area contributed by atoms with Crippen molar-refractivity contribution in [1.29, 1.82) is 0 Å². The Morgan fingerprint density at radius 3 is 2.28 bits per heavy atom. The van der Waals surface area contributed by atoms with Crippen LogP contribution in [0, 0.1) is 17.7 Å². The lowest BCUT2D eigenvalue weighted by Gasteiger charge is -2.33. The zero-order valence-electron chi connectivity index (χ0n) is 22.6. The lowest BCUT2D eigenvalue weighted by atomic mass is 9.90. The normalized spacial score (nSPS) is 18.4. The molecule has 3 aromatic carbocycles. The van der Waals surface area contributed by atoms with Crippen molar-refractivity contribution >= 4 is 17.5 Å². The first kappa shape index (κ1) is 27.1. The van der Waals surface area contributed by atoms with Crippen molar-refractivity contribution in [1.82, 2.24) is 9.80 Å². The number of benzene rings is 3. The second kappa shape index (κ2) is 13.0. The van der Waals surface area contributed by atoms with Gasteiger partial charge in [-0.05, 0) is 75.0 Å². The minimum absolute atomic E-state index is 0.0212. The molecule has 0 aromatic heterocycles. The van der Waals surface area contributed by atoms with E-state index in [2.05, 4.69) is 35.2 Å². The molecule has 0 radical (unpaired) electrons. The van der Waals surface area contributed by atoms with Gasteiger partial charge in [0.2, 0.25) is 11.8 Å². The molecule has 3 aromatic rings. The second-order valence-corrected chi connectivity index (χ2v) is 10.9. The summed E-state index contributed by atoms with van der Waals surface area (Å²) < 4.78 is 14.2. The number of hydrogen-bond donors (Lipinski definition) is 0. The van der Waals surface area contributed by atoms with Crippen molar-refractivity contribution in [3.8, 4) is 0 Å². The van der Waals surface area contributed by atoms with Crippen molar-refractivity contribution < 1.29 is 14.0 Å². The molecule has 0 N–H and O–H groups in total. The van der Waals surface area contributed by atoms with E-state index in [4.69, 9.17) is 0 Å². The predicted octanol–water partition coefficient (Wildman–Crippen LogP) is 5.55. The van der Waals surface area contributed by atoms with Crippen molar-refractivity contribution in [3.63, 3.8) is 0 Å². The molecule has 1 unspecified atom stereocenters.